The van der Waals surface area contributed by atoms with E-state index in [-0.39, 0.29) is 5.75 Å². The van der Waals surface area contributed by atoms with Crippen LogP contribution in [0.25, 0.3) is 0 Å². The van der Waals surface area contributed by atoms with Crippen LogP contribution >= 0.6 is 0 Å². The van der Waals surface area contributed by atoms with Crippen LogP contribution in [0.5, 0.6) is 5.75 Å². The zero-order chi connectivity index (χ0) is 11.1. The second-order valence-electron chi connectivity index (χ2n) is 3.50. The van der Waals surface area contributed by atoms with Crippen molar-refractivity contribution in [2.24, 2.45) is 0 Å². The molecule has 0 fully saturated rings. The van der Waals surface area contributed by atoms with Crippen LogP contribution in [0.15, 0.2) is 18.2 Å². The highest BCUT2D eigenvalue weighted by molar-refractivity contribution is 5.83. The number of para-hydroxylation sites is 1. The molecule has 0 heterocycles. The molecular formula is C12H17NO2. The molecule has 0 bridgehead atoms. The lowest BCUT2D eigenvalue weighted by molar-refractivity contribution is 0.112. The second-order valence-corrected chi connectivity index (χ2v) is 3.50. The number of rotatable bonds is 6. The van der Waals surface area contributed by atoms with Gasteiger partial charge in [-0.05, 0) is 18.6 Å². The molecule has 15 heavy (non-hydrogen) atoms. The average molecular weight is 207 g/mol. The van der Waals surface area contributed by atoms with E-state index in [9.17, 15) is 9.90 Å². The third-order valence-corrected chi connectivity index (χ3v) is 2.29. The number of hydrogen-bond donors (Lipinski definition) is 2. The first-order valence-corrected chi connectivity index (χ1v) is 5.30. The summed E-state index contributed by atoms with van der Waals surface area (Å²) in [6.45, 7) is 2.97. The zero-order valence-corrected chi connectivity index (χ0v) is 8.99. The number of benzene rings is 1. The van der Waals surface area contributed by atoms with Crippen LogP contribution in [0.1, 0.15) is 36.5 Å². The third kappa shape index (κ3) is 3.27. The van der Waals surface area contributed by atoms with E-state index in [1.165, 1.54) is 12.8 Å². The van der Waals surface area contributed by atoms with Gasteiger partial charge in [0, 0.05) is 6.54 Å². The molecule has 0 amide bonds. The number of unbranched alkanes of at least 4 members (excludes halogenated alkanes) is 2. The number of carbonyl (C=O) groups is 1. The summed E-state index contributed by atoms with van der Waals surface area (Å²) < 4.78 is 0. The Hall–Kier alpha value is -1.51. The van der Waals surface area contributed by atoms with Crippen LogP contribution < -0.4 is 5.32 Å². The maximum absolute atomic E-state index is 10.6. The predicted molar refractivity (Wildman–Crippen MR) is 61.5 cm³/mol. The lowest BCUT2D eigenvalue weighted by Gasteiger charge is -2.08. The van der Waals surface area contributed by atoms with Gasteiger partial charge in [-0.2, -0.15) is 0 Å². The summed E-state index contributed by atoms with van der Waals surface area (Å²) in [7, 11) is 0. The fourth-order valence-corrected chi connectivity index (χ4v) is 1.40. The Morgan fingerprint density at radius 1 is 1.40 bits per heavy atom. The van der Waals surface area contributed by atoms with Gasteiger partial charge in [0.05, 0.1) is 11.3 Å². The van der Waals surface area contributed by atoms with Crippen molar-refractivity contribution >= 4 is 12.0 Å². The molecule has 1 rings (SSSR count). The molecule has 0 saturated carbocycles. The lowest BCUT2D eigenvalue weighted by atomic mass is 10.2. The van der Waals surface area contributed by atoms with Gasteiger partial charge in [-0.1, -0.05) is 25.8 Å². The maximum atomic E-state index is 10.6. The predicted octanol–water partition coefficient (Wildman–Crippen LogP) is 2.81. The maximum Gasteiger partial charge on any atom is 0.153 e. The molecule has 82 valence electrons. The third-order valence-electron chi connectivity index (χ3n) is 2.29. The van der Waals surface area contributed by atoms with Crippen LogP contribution in [-0.2, 0) is 0 Å². The molecule has 0 aliphatic heterocycles. The summed E-state index contributed by atoms with van der Waals surface area (Å²) in [6.07, 6.45) is 4.07. The average Bonchev–Trinajstić information content (AvgIpc) is 2.26. The van der Waals surface area contributed by atoms with E-state index in [0.29, 0.717) is 17.5 Å². The van der Waals surface area contributed by atoms with E-state index in [0.717, 1.165) is 13.0 Å². The van der Waals surface area contributed by atoms with Crippen molar-refractivity contribution in [3.8, 4) is 5.75 Å². The number of aromatic hydroxyl groups is 1. The van der Waals surface area contributed by atoms with E-state index < -0.39 is 0 Å². The van der Waals surface area contributed by atoms with Crippen molar-refractivity contribution in [3.63, 3.8) is 0 Å². The van der Waals surface area contributed by atoms with Crippen LogP contribution in [0.3, 0.4) is 0 Å². The first-order chi connectivity index (χ1) is 7.29. The summed E-state index contributed by atoms with van der Waals surface area (Å²) in [5.74, 6) is 0.0454. The Bertz CT molecular complexity index is 323. The molecule has 0 aromatic heterocycles. The number of nitrogens with one attached hydrogen (secondary N) is 1. The topological polar surface area (TPSA) is 49.3 Å². The van der Waals surface area contributed by atoms with E-state index in [1.807, 2.05) is 0 Å². The first-order valence-electron chi connectivity index (χ1n) is 5.30. The van der Waals surface area contributed by atoms with Crippen molar-refractivity contribution in [1.29, 1.82) is 0 Å². The van der Waals surface area contributed by atoms with Gasteiger partial charge in [0.1, 0.15) is 5.75 Å². The summed E-state index contributed by atoms with van der Waals surface area (Å²) in [4.78, 5) is 10.6. The molecule has 0 radical (unpaired) electrons. The molecule has 1 aromatic carbocycles. The van der Waals surface area contributed by atoms with Crippen LogP contribution in [0, 0.1) is 0 Å². The standard InChI is InChI=1S/C12H17NO2/c1-2-3-4-8-13-11-7-5-6-10(9-14)12(11)15/h5-7,9,13,15H,2-4,8H2,1H3. The molecule has 0 aliphatic carbocycles. The summed E-state index contributed by atoms with van der Waals surface area (Å²) in [5, 5.41) is 12.8. The van der Waals surface area contributed by atoms with Gasteiger partial charge in [-0.15, -0.1) is 0 Å². The largest absolute Gasteiger partial charge is 0.505 e. The Balaban J connectivity index is 2.57. The molecule has 1 aromatic rings. The Morgan fingerprint density at radius 2 is 2.20 bits per heavy atom. The zero-order valence-electron chi connectivity index (χ0n) is 8.99. The molecular weight excluding hydrogens is 190 g/mol. The molecule has 0 spiro atoms. The highest BCUT2D eigenvalue weighted by Gasteiger charge is 2.04. The molecule has 0 saturated heterocycles. The van der Waals surface area contributed by atoms with Crippen molar-refractivity contribution in [2.45, 2.75) is 26.2 Å². The number of phenolic OH excluding ortho intramolecular Hbond substituents is 1. The van der Waals surface area contributed by atoms with Crippen LogP contribution in [0.4, 0.5) is 5.69 Å². The summed E-state index contributed by atoms with van der Waals surface area (Å²) >= 11 is 0. The number of phenols is 1. The van der Waals surface area contributed by atoms with E-state index in [4.69, 9.17) is 0 Å². The minimum absolute atomic E-state index is 0.0454. The van der Waals surface area contributed by atoms with Gasteiger partial charge in [0.15, 0.2) is 6.29 Å². The van der Waals surface area contributed by atoms with Gasteiger partial charge in [0.25, 0.3) is 0 Å². The summed E-state index contributed by atoms with van der Waals surface area (Å²) in [6, 6.07) is 5.12. The minimum atomic E-state index is 0.0454. The fourth-order valence-electron chi connectivity index (χ4n) is 1.40. The highest BCUT2D eigenvalue weighted by Crippen LogP contribution is 2.25. The van der Waals surface area contributed by atoms with Crippen molar-refractivity contribution in [2.75, 3.05) is 11.9 Å². The summed E-state index contributed by atoms with van der Waals surface area (Å²) in [5.41, 5.74) is 0.964. The minimum Gasteiger partial charge on any atom is -0.505 e. The van der Waals surface area contributed by atoms with Crippen molar-refractivity contribution in [1.82, 2.24) is 0 Å². The number of anilines is 1. The molecule has 0 aliphatic rings. The van der Waals surface area contributed by atoms with E-state index in [1.54, 1.807) is 18.2 Å². The van der Waals surface area contributed by atoms with Crippen LogP contribution in [0.2, 0.25) is 0 Å². The van der Waals surface area contributed by atoms with Gasteiger partial charge in [-0.3, -0.25) is 4.79 Å². The monoisotopic (exact) mass is 207 g/mol. The molecule has 0 atom stereocenters. The smallest absolute Gasteiger partial charge is 0.153 e. The number of aldehydes is 1. The second kappa shape index (κ2) is 6.06. The fraction of sp³-hybridized carbons (Fsp3) is 0.417. The van der Waals surface area contributed by atoms with Gasteiger partial charge >= 0.3 is 0 Å². The highest BCUT2D eigenvalue weighted by atomic mass is 16.3. The SMILES string of the molecule is CCCCCNc1cccc(C=O)c1O. The normalized spacial score (nSPS) is 9.93. The van der Waals surface area contributed by atoms with Crippen molar-refractivity contribution in [3.05, 3.63) is 23.8 Å². The van der Waals surface area contributed by atoms with Gasteiger partial charge < -0.3 is 10.4 Å². The number of hydrogen-bond acceptors (Lipinski definition) is 3. The van der Waals surface area contributed by atoms with E-state index in [2.05, 4.69) is 12.2 Å². The van der Waals surface area contributed by atoms with Crippen LogP contribution in [-0.4, -0.2) is 17.9 Å². The first kappa shape index (κ1) is 11.6. The molecule has 3 heteroatoms. The van der Waals surface area contributed by atoms with Gasteiger partial charge in [-0.25, -0.2) is 0 Å². The molecule has 0 unspecified atom stereocenters. The molecule has 2 N–H and O–H groups in total. The Kier molecular flexibility index (Phi) is 4.68. The van der Waals surface area contributed by atoms with Gasteiger partial charge in [0.2, 0.25) is 0 Å². The quantitative estimate of drug-likeness (QED) is 0.428. The lowest BCUT2D eigenvalue weighted by Crippen LogP contribution is -2.02. The Labute approximate surface area is 90.1 Å². The number of carbonyl (C=O) groups excluding carboxylic acids is 1. The van der Waals surface area contributed by atoms with Crippen molar-refractivity contribution < 1.29 is 9.90 Å². The van der Waals surface area contributed by atoms with E-state index >= 15 is 0 Å². The molecule has 3 nitrogen and oxygen atoms in total. The Morgan fingerprint density at radius 3 is 2.87 bits per heavy atom.